The molecule has 4 aliphatic heterocycles. The highest BCUT2D eigenvalue weighted by atomic mass is 28.4. The largest absolute Gasteiger partial charge is 0.462 e. The van der Waals surface area contributed by atoms with Crippen LogP contribution in [-0.2, 0) is 60.8 Å². The smallest absolute Gasteiger partial charge is 0.308 e. The molecule has 0 amide bonds. The van der Waals surface area contributed by atoms with Crippen molar-refractivity contribution in [3.05, 3.63) is 12.2 Å². The molecule has 13 atom stereocenters. The van der Waals surface area contributed by atoms with Gasteiger partial charge in [-0.1, -0.05) is 109 Å². The van der Waals surface area contributed by atoms with Crippen molar-refractivity contribution in [2.75, 3.05) is 13.7 Å². The molecule has 4 aliphatic rings. The summed E-state index contributed by atoms with van der Waals surface area (Å²) in [7, 11) is -4.93. The lowest BCUT2D eigenvalue weighted by molar-refractivity contribution is -0.348. The number of ketones is 1. The van der Waals surface area contributed by atoms with Gasteiger partial charge in [0.15, 0.2) is 36.5 Å². The zero-order valence-electron chi connectivity index (χ0n) is 52.6. The second-order valence-corrected chi connectivity index (χ2v) is 42.8. The van der Waals surface area contributed by atoms with Crippen LogP contribution in [0, 0.1) is 11.8 Å². The first-order valence-electron chi connectivity index (χ1n) is 29.9. The molecule has 0 aliphatic carbocycles. The summed E-state index contributed by atoms with van der Waals surface area (Å²) in [6.07, 6.45) is 0.239. The fourth-order valence-corrected chi connectivity index (χ4v) is 23.5. The number of carbonyl (C=O) groups excluding carboxylic acids is 3. The average Bonchev–Trinajstić information content (AvgIpc) is 3.27. The Morgan fingerprint density at radius 1 is 0.688 bits per heavy atom. The van der Waals surface area contributed by atoms with Gasteiger partial charge in [0.1, 0.15) is 17.5 Å². The van der Waals surface area contributed by atoms with E-state index in [2.05, 4.69) is 110 Å². The molecule has 0 saturated carbocycles. The fourth-order valence-electron chi connectivity index (χ4n) is 13.6. The number of rotatable bonds is 25. The van der Waals surface area contributed by atoms with E-state index in [0.29, 0.717) is 74.6 Å². The van der Waals surface area contributed by atoms with Crippen molar-refractivity contribution in [2.24, 2.45) is 11.8 Å². The van der Waals surface area contributed by atoms with Crippen LogP contribution in [0.15, 0.2) is 12.2 Å². The molecule has 4 fully saturated rings. The van der Waals surface area contributed by atoms with Gasteiger partial charge in [0.2, 0.25) is 0 Å². The van der Waals surface area contributed by atoms with Gasteiger partial charge in [-0.15, -0.1) is 0 Å². The summed E-state index contributed by atoms with van der Waals surface area (Å²) in [6, 6.07) is 2.83. The molecule has 448 valence electrons. The molecule has 17 heteroatoms. The molecular weight excluding hydrogens is 1030 g/mol. The Labute approximate surface area is 470 Å². The monoisotopic (exact) mass is 1140 g/mol. The third kappa shape index (κ3) is 17.8. The number of hydrogen-bond donors (Lipinski definition) is 1. The highest BCUT2D eigenvalue weighted by Crippen LogP contribution is 2.51. The minimum atomic E-state index is -2.23. The molecule has 14 nitrogen and oxygen atoms in total. The number of aliphatic hydroxyl groups is 1. The van der Waals surface area contributed by atoms with E-state index in [4.69, 9.17) is 46.4 Å². The normalized spacial score (nSPS) is 31.2. The van der Waals surface area contributed by atoms with Crippen LogP contribution >= 0.6 is 0 Å². The van der Waals surface area contributed by atoms with Gasteiger partial charge in [0.05, 0.1) is 61.4 Å². The zero-order chi connectivity index (χ0) is 58.5. The van der Waals surface area contributed by atoms with Crippen molar-refractivity contribution >= 4 is 42.7 Å². The van der Waals surface area contributed by atoms with E-state index in [1.165, 1.54) is 6.92 Å². The SMILES string of the molecule is C=C(C[C@H]1C[C@](C)(O[Si](CC)(CC)CC)C[C@@]2(C[C@@H](OC(C)=O)C[C@H](CC(=O)OC(C)(C)C)O2)O1)[C@@H](C)[C@H](O)[C@H](C)C(=O)C[C@@H]1C[C@H](OC)C[C@@]2(C[C@@H](O[Si](C)(C)C(C)(C)C)C[C@H](CO[Si](C(C)C)(C(C)C)C(C)C)O2)O1. The molecule has 0 aromatic rings. The number of Topliss-reactive ketones (excluding diaryl/α,β-unsaturated/α-hetero) is 1. The number of methoxy groups -OCH3 is 1. The van der Waals surface area contributed by atoms with E-state index in [9.17, 15) is 19.5 Å². The summed E-state index contributed by atoms with van der Waals surface area (Å²) < 4.78 is 67.6. The molecule has 4 saturated heterocycles. The van der Waals surface area contributed by atoms with Gasteiger partial charge in [0, 0.05) is 83.7 Å². The maximum atomic E-state index is 14.6. The first-order valence-corrected chi connectivity index (χ1v) is 37.5. The summed E-state index contributed by atoms with van der Waals surface area (Å²) >= 11 is 0. The van der Waals surface area contributed by atoms with Crippen LogP contribution in [0.2, 0.25) is 52.9 Å². The molecular formula is C60H112O14Si3. The highest BCUT2D eigenvalue weighted by molar-refractivity contribution is 6.77. The van der Waals surface area contributed by atoms with Crippen LogP contribution < -0.4 is 0 Å². The maximum Gasteiger partial charge on any atom is 0.308 e. The number of ether oxygens (including phenoxy) is 7. The molecule has 0 radical (unpaired) electrons. The second-order valence-electron chi connectivity index (χ2n) is 27.9. The molecule has 0 aromatic heterocycles. The van der Waals surface area contributed by atoms with Gasteiger partial charge >= 0.3 is 11.9 Å². The van der Waals surface area contributed by atoms with Crippen molar-refractivity contribution in [2.45, 2.75) is 327 Å². The van der Waals surface area contributed by atoms with Gasteiger partial charge in [-0.05, 0) is 87.0 Å². The Balaban J connectivity index is 1.58. The van der Waals surface area contributed by atoms with Crippen molar-refractivity contribution in [1.82, 2.24) is 0 Å². The van der Waals surface area contributed by atoms with Crippen LogP contribution in [0.1, 0.15) is 202 Å². The average molecular weight is 1140 g/mol. The second kappa shape index (κ2) is 26.9. The topological polar surface area (TPSA) is 164 Å². The van der Waals surface area contributed by atoms with Gasteiger partial charge in [-0.2, -0.15) is 0 Å². The molecule has 0 bridgehead atoms. The number of carbonyl (C=O) groups is 3. The molecule has 4 heterocycles. The molecule has 2 spiro atoms. The first-order chi connectivity index (χ1) is 35.3. The molecule has 1 N–H and O–H groups in total. The van der Waals surface area contributed by atoms with Crippen LogP contribution in [-0.4, -0.2) is 133 Å². The lowest BCUT2D eigenvalue weighted by Gasteiger charge is -2.55. The molecule has 77 heavy (non-hydrogen) atoms. The minimum Gasteiger partial charge on any atom is -0.462 e. The number of aliphatic hydroxyl groups excluding tert-OH is 1. The summed E-state index contributed by atoms with van der Waals surface area (Å²) in [5.41, 5.74) is 0.597. The van der Waals surface area contributed by atoms with Crippen molar-refractivity contribution < 1.29 is 65.9 Å². The summed E-state index contributed by atoms with van der Waals surface area (Å²) in [6.45, 7) is 49.5. The van der Waals surface area contributed by atoms with Crippen molar-refractivity contribution in [3.8, 4) is 0 Å². The number of esters is 2. The lowest BCUT2D eigenvalue weighted by Crippen LogP contribution is -2.61. The Bertz CT molecular complexity index is 1910. The lowest BCUT2D eigenvalue weighted by atomic mass is 9.78. The first kappa shape index (κ1) is 68.1. The Hall–Kier alpha value is -1.36. The Kier molecular flexibility index (Phi) is 23.8. The van der Waals surface area contributed by atoms with Crippen LogP contribution in [0.5, 0.6) is 0 Å². The Morgan fingerprint density at radius 2 is 1.18 bits per heavy atom. The van der Waals surface area contributed by atoms with E-state index >= 15 is 0 Å². The highest BCUT2D eigenvalue weighted by Gasteiger charge is 2.57. The van der Waals surface area contributed by atoms with Crippen molar-refractivity contribution in [1.29, 1.82) is 0 Å². The quantitative estimate of drug-likeness (QED) is 0.0522. The van der Waals surface area contributed by atoms with E-state index in [1.807, 2.05) is 27.7 Å². The van der Waals surface area contributed by atoms with Gasteiger partial charge in [-0.3, -0.25) is 14.4 Å². The predicted molar refractivity (Wildman–Crippen MR) is 312 cm³/mol. The minimum absolute atomic E-state index is 0.00274. The van der Waals surface area contributed by atoms with Crippen LogP contribution in [0.3, 0.4) is 0 Å². The summed E-state index contributed by atoms with van der Waals surface area (Å²) in [5, 5.41) is 12.1. The van der Waals surface area contributed by atoms with Crippen LogP contribution in [0.25, 0.3) is 0 Å². The predicted octanol–water partition coefficient (Wildman–Crippen LogP) is 13.7. The van der Waals surface area contributed by atoms with E-state index < -0.39 is 102 Å². The van der Waals surface area contributed by atoms with Crippen molar-refractivity contribution in [3.63, 3.8) is 0 Å². The summed E-state index contributed by atoms with van der Waals surface area (Å²) in [5.74, 6) is -4.48. The molecule has 4 rings (SSSR count). The standard InChI is InChI=1S/C60H112O14Si3/c1-24-76(25-2,26-3)74-58(20)33-50(70-60(38-58)35-49(67-45(13)61)29-47(69-60)32-54(63)72-56(14,15)16)27-42(10)43(11)55(64)44(12)53(62)31-46-28-48(65-21)34-59(68-46)36-51(73-75(22,23)57(17,18)19)30-52(71-59)37-66-77(39(4)5,40(6)7)41(8)9/h39-41,43-44,46-52,55,64H,10,24-38H2,1-9,11-23H3/t43-,44-,46+,47-,48+,49+,50+,51+,52-,55+,58+,59-,60-/m1/s1. The maximum absolute atomic E-state index is 14.6. The van der Waals surface area contributed by atoms with E-state index in [1.54, 1.807) is 14.0 Å². The van der Waals surface area contributed by atoms with Crippen LogP contribution in [0.4, 0.5) is 0 Å². The molecule has 0 aromatic carbocycles. The molecule has 0 unspecified atom stereocenters. The van der Waals surface area contributed by atoms with Gasteiger partial charge in [0.25, 0.3) is 0 Å². The Morgan fingerprint density at radius 3 is 1.70 bits per heavy atom. The third-order valence-electron chi connectivity index (χ3n) is 18.5. The van der Waals surface area contributed by atoms with Gasteiger partial charge in [-0.25, -0.2) is 0 Å². The summed E-state index contributed by atoms with van der Waals surface area (Å²) in [4.78, 5) is 40.3. The van der Waals surface area contributed by atoms with E-state index in [-0.39, 0.29) is 48.4 Å². The van der Waals surface area contributed by atoms with E-state index in [0.717, 1.165) is 23.7 Å². The van der Waals surface area contributed by atoms with Gasteiger partial charge < -0.3 is 51.5 Å². The number of hydrogen-bond acceptors (Lipinski definition) is 14. The fraction of sp³-hybridized carbons (Fsp3) is 0.917. The third-order valence-corrected chi connectivity index (χ3v) is 33.9. The zero-order valence-corrected chi connectivity index (χ0v) is 55.6.